The van der Waals surface area contributed by atoms with Gasteiger partial charge in [-0.3, -0.25) is 9.59 Å². The highest BCUT2D eigenvalue weighted by atomic mass is 32.2. The molecule has 1 atom stereocenters. The van der Waals surface area contributed by atoms with Crippen LogP contribution in [-0.4, -0.2) is 23.7 Å². The number of anilines is 1. The molecule has 2 aromatic carbocycles. The van der Waals surface area contributed by atoms with E-state index < -0.39 is 12.1 Å². The summed E-state index contributed by atoms with van der Waals surface area (Å²) in [5.41, 5.74) is 3.87. The number of benzene rings is 2. The molecule has 0 saturated carbocycles. The van der Waals surface area contributed by atoms with E-state index in [0.717, 1.165) is 27.3 Å². The third kappa shape index (κ3) is 5.64. The summed E-state index contributed by atoms with van der Waals surface area (Å²) in [6, 6.07) is 13.7. The molecule has 0 heterocycles. The van der Waals surface area contributed by atoms with Gasteiger partial charge in [-0.25, -0.2) is 0 Å². The lowest BCUT2D eigenvalue weighted by Gasteiger charge is -2.15. The van der Waals surface area contributed by atoms with Crippen molar-refractivity contribution in [3.05, 3.63) is 59.2 Å². The molecule has 0 unspecified atom stereocenters. The molecule has 2 aromatic rings. The molecule has 0 fully saturated rings. The van der Waals surface area contributed by atoms with E-state index in [1.807, 2.05) is 63.2 Å². The lowest BCUT2D eigenvalue weighted by Crippen LogP contribution is -2.30. The Kier molecular flexibility index (Phi) is 6.65. The topological polar surface area (TPSA) is 55.4 Å². The fraction of sp³-hybridized carbons (Fsp3) is 0.300. The van der Waals surface area contributed by atoms with E-state index in [4.69, 9.17) is 4.74 Å². The van der Waals surface area contributed by atoms with Gasteiger partial charge in [0, 0.05) is 10.6 Å². The number of aryl methyl sites for hydroxylation is 3. The summed E-state index contributed by atoms with van der Waals surface area (Å²) < 4.78 is 5.24. The molecule has 0 radical (unpaired) electrons. The molecule has 132 valence electrons. The highest BCUT2D eigenvalue weighted by Gasteiger charge is 2.18. The molecule has 0 saturated heterocycles. The Bertz CT molecular complexity index is 773. The van der Waals surface area contributed by atoms with E-state index in [0.29, 0.717) is 0 Å². The van der Waals surface area contributed by atoms with E-state index in [-0.39, 0.29) is 11.7 Å². The summed E-state index contributed by atoms with van der Waals surface area (Å²) in [7, 11) is 0. The molecule has 0 aliphatic heterocycles. The Morgan fingerprint density at radius 1 is 1.08 bits per heavy atom. The number of amides is 1. The number of ether oxygens (including phenoxy) is 1. The van der Waals surface area contributed by atoms with Crippen molar-refractivity contribution in [2.75, 3.05) is 11.1 Å². The molecule has 0 aliphatic rings. The highest BCUT2D eigenvalue weighted by Crippen LogP contribution is 2.22. The maximum atomic E-state index is 12.2. The summed E-state index contributed by atoms with van der Waals surface area (Å²) in [5.74, 6) is -0.564. The van der Waals surface area contributed by atoms with Crippen LogP contribution in [0.4, 0.5) is 5.69 Å². The van der Waals surface area contributed by atoms with Crippen LogP contribution in [0.3, 0.4) is 0 Å². The van der Waals surface area contributed by atoms with Gasteiger partial charge in [0.2, 0.25) is 0 Å². The van der Waals surface area contributed by atoms with Gasteiger partial charge < -0.3 is 10.1 Å². The Balaban J connectivity index is 1.87. The Morgan fingerprint density at radius 3 is 2.52 bits per heavy atom. The lowest BCUT2D eigenvalue weighted by molar-refractivity contribution is -0.150. The third-order valence-electron chi connectivity index (χ3n) is 3.77. The molecule has 0 aliphatic carbocycles. The minimum atomic E-state index is -0.843. The van der Waals surface area contributed by atoms with Crippen molar-refractivity contribution in [1.82, 2.24) is 0 Å². The summed E-state index contributed by atoms with van der Waals surface area (Å²) >= 11 is 1.41. The van der Waals surface area contributed by atoms with Crippen LogP contribution in [0.5, 0.6) is 0 Å². The number of hydrogen-bond acceptors (Lipinski definition) is 4. The van der Waals surface area contributed by atoms with Gasteiger partial charge in [0.15, 0.2) is 6.10 Å². The predicted molar refractivity (Wildman–Crippen MR) is 102 cm³/mol. The average Bonchev–Trinajstić information content (AvgIpc) is 2.57. The number of nitrogens with one attached hydrogen (secondary N) is 1. The first-order chi connectivity index (χ1) is 11.9. The van der Waals surface area contributed by atoms with E-state index >= 15 is 0 Å². The first kappa shape index (κ1) is 19.1. The van der Waals surface area contributed by atoms with Crippen LogP contribution in [0.25, 0.3) is 0 Å². The molecule has 4 nitrogen and oxygen atoms in total. The van der Waals surface area contributed by atoms with Crippen LogP contribution in [-0.2, 0) is 14.3 Å². The normalized spacial score (nSPS) is 11.7. The first-order valence-corrected chi connectivity index (χ1v) is 9.11. The Morgan fingerprint density at radius 2 is 1.80 bits per heavy atom. The minimum Gasteiger partial charge on any atom is -0.452 e. The molecule has 2 rings (SSSR count). The van der Waals surface area contributed by atoms with Crippen LogP contribution in [0.1, 0.15) is 23.6 Å². The van der Waals surface area contributed by atoms with Gasteiger partial charge in [0.25, 0.3) is 5.91 Å². The smallest absolute Gasteiger partial charge is 0.317 e. The van der Waals surface area contributed by atoms with Crippen molar-refractivity contribution in [3.63, 3.8) is 0 Å². The molecule has 1 N–H and O–H groups in total. The molecular weight excluding hydrogens is 334 g/mol. The number of thioether (sulfide) groups is 1. The van der Waals surface area contributed by atoms with Crippen LogP contribution in [0.2, 0.25) is 0 Å². The quantitative estimate of drug-likeness (QED) is 0.619. The van der Waals surface area contributed by atoms with Crippen molar-refractivity contribution < 1.29 is 14.3 Å². The summed E-state index contributed by atoms with van der Waals surface area (Å²) in [5, 5.41) is 2.82. The standard InChI is InChI=1S/C20H23NO3S/c1-13-9-10-14(2)17(11-13)21-20(23)16(4)24-19(22)12-25-18-8-6-5-7-15(18)3/h5-11,16H,12H2,1-4H3,(H,21,23)/t16-/m1/s1. The minimum absolute atomic E-state index is 0.173. The Hall–Kier alpha value is -2.27. The fourth-order valence-electron chi connectivity index (χ4n) is 2.24. The van der Waals surface area contributed by atoms with Gasteiger partial charge in [-0.05, 0) is 56.5 Å². The second-order valence-corrected chi connectivity index (χ2v) is 7.01. The van der Waals surface area contributed by atoms with E-state index in [1.54, 1.807) is 6.92 Å². The largest absolute Gasteiger partial charge is 0.452 e. The van der Waals surface area contributed by atoms with Gasteiger partial charge in [-0.2, -0.15) is 0 Å². The van der Waals surface area contributed by atoms with Crippen LogP contribution in [0, 0.1) is 20.8 Å². The average molecular weight is 357 g/mol. The van der Waals surface area contributed by atoms with Gasteiger partial charge in [0.05, 0.1) is 5.75 Å². The van der Waals surface area contributed by atoms with Gasteiger partial charge in [-0.1, -0.05) is 30.3 Å². The summed E-state index contributed by atoms with van der Waals surface area (Å²) in [6.45, 7) is 7.45. The number of esters is 1. The van der Waals surface area contributed by atoms with Gasteiger partial charge in [0.1, 0.15) is 0 Å². The summed E-state index contributed by atoms with van der Waals surface area (Å²) in [6.07, 6.45) is -0.843. The molecule has 5 heteroatoms. The van der Waals surface area contributed by atoms with Crippen molar-refractivity contribution in [2.45, 2.75) is 38.7 Å². The zero-order valence-corrected chi connectivity index (χ0v) is 15.8. The second kappa shape index (κ2) is 8.72. The SMILES string of the molecule is Cc1ccc(C)c(NC(=O)[C@@H](C)OC(=O)CSc2ccccc2C)c1. The maximum Gasteiger partial charge on any atom is 0.317 e. The monoisotopic (exact) mass is 357 g/mol. The third-order valence-corrected chi connectivity index (χ3v) is 4.92. The highest BCUT2D eigenvalue weighted by molar-refractivity contribution is 8.00. The first-order valence-electron chi connectivity index (χ1n) is 8.13. The van der Waals surface area contributed by atoms with Crippen LogP contribution in [0.15, 0.2) is 47.4 Å². The van der Waals surface area contributed by atoms with Gasteiger partial charge in [-0.15, -0.1) is 11.8 Å². The van der Waals surface area contributed by atoms with Crippen molar-refractivity contribution >= 4 is 29.3 Å². The van der Waals surface area contributed by atoms with E-state index in [2.05, 4.69) is 5.32 Å². The number of carbonyl (C=O) groups is 2. The molecule has 0 spiro atoms. The van der Waals surface area contributed by atoms with Crippen LogP contribution < -0.4 is 5.32 Å². The fourth-order valence-corrected chi connectivity index (χ4v) is 3.06. The molecule has 0 bridgehead atoms. The molecular formula is C20H23NO3S. The van der Waals surface area contributed by atoms with E-state index in [9.17, 15) is 9.59 Å². The number of rotatable bonds is 6. The van der Waals surface area contributed by atoms with Crippen molar-refractivity contribution in [1.29, 1.82) is 0 Å². The lowest BCUT2D eigenvalue weighted by atomic mass is 10.1. The molecule has 0 aromatic heterocycles. The Labute approximate surface area is 153 Å². The zero-order chi connectivity index (χ0) is 18.4. The number of carbonyl (C=O) groups excluding carboxylic acids is 2. The van der Waals surface area contributed by atoms with E-state index in [1.165, 1.54) is 11.8 Å². The maximum absolute atomic E-state index is 12.2. The predicted octanol–water partition coefficient (Wildman–Crippen LogP) is 4.27. The number of hydrogen-bond donors (Lipinski definition) is 1. The summed E-state index contributed by atoms with van der Waals surface area (Å²) in [4.78, 5) is 25.3. The second-order valence-electron chi connectivity index (χ2n) is 5.99. The molecule has 25 heavy (non-hydrogen) atoms. The van der Waals surface area contributed by atoms with Crippen LogP contribution >= 0.6 is 11.8 Å². The zero-order valence-electron chi connectivity index (χ0n) is 15.0. The van der Waals surface area contributed by atoms with Gasteiger partial charge >= 0.3 is 5.97 Å². The van der Waals surface area contributed by atoms with Crippen molar-refractivity contribution in [3.8, 4) is 0 Å². The van der Waals surface area contributed by atoms with Crippen molar-refractivity contribution in [2.24, 2.45) is 0 Å². The molecule has 1 amide bonds.